The van der Waals surface area contributed by atoms with E-state index in [0.717, 1.165) is 16.3 Å². The van der Waals surface area contributed by atoms with Crippen LogP contribution in [0.25, 0.3) is 10.8 Å². The van der Waals surface area contributed by atoms with Gasteiger partial charge in [0.2, 0.25) is 0 Å². The lowest BCUT2D eigenvalue weighted by Gasteiger charge is -2.10. The molecule has 3 N–H and O–H groups in total. The first-order valence-electron chi connectivity index (χ1n) is 7.53. The predicted molar refractivity (Wildman–Crippen MR) is 95.8 cm³/mol. The lowest BCUT2D eigenvalue weighted by atomic mass is 10.1. The number of amides is 3. The monoisotopic (exact) mass is 370 g/mol. The van der Waals surface area contributed by atoms with Gasteiger partial charge in [-0.3, -0.25) is 5.32 Å². The highest BCUT2D eigenvalue weighted by Crippen LogP contribution is 2.20. The van der Waals surface area contributed by atoms with Crippen molar-refractivity contribution in [2.75, 3.05) is 25.1 Å². The van der Waals surface area contributed by atoms with Crippen LogP contribution in [0.4, 0.5) is 19.8 Å². The number of nitrogens with zero attached hydrogens (tertiary/aromatic N) is 1. The SMILES string of the molecule is CCNC(=O)Nc1cc2cccc(CNC(=O)OCCF)c2cn1.Cl. The van der Waals surface area contributed by atoms with Crippen LogP contribution in [0.3, 0.4) is 0 Å². The van der Waals surface area contributed by atoms with Crippen molar-refractivity contribution in [1.82, 2.24) is 15.6 Å². The van der Waals surface area contributed by atoms with Crippen LogP contribution in [-0.2, 0) is 11.3 Å². The number of halogens is 2. The fourth-order valence-electron chi connectivity index (χ4n) is 2.13. The molecule has 0 radical (unpaired) electrons. The standard InChI is InChI=1S/C16H19FN4O3.ClH/c1-2-18-15(22)21-14-8-11-4-3-5-12(13(11)10-19-14)9-20-16(23)24-7-6-17;/h3-5,8,10H,2,6-7,9H2,1H3,(H,20,23)(H2,18,19,21,22);1H. The summed E-state index contributed by atoms with van der Waals surface area (Å²) < 4.78 is 16.6. The molecule has 136 valence electrons. The van der Waals surface area contributed by atoms with Gasteiger partial charge in [-0.1, -0.05) is 18.2 Å². The van der Waals surface area contributed by atoms with Crippen molar-refractivity contribution in [3.8, 4) is 0 Å². The van der Waals surface area contributed by atoms with Gasteiger partial charge >= 0.3 is 12.1 Å². The van der Waals surface area contributed by atoms with E-state index in [-0.39, 0.29) is 31.6 Å². The van der Waals surface area contributed by atoms with Crippen LogP contribution in [0, 0.1) is 0 Å². The smallest absolute Gasteiger partial charge is 0.407 e. The first kappa shape index (κ1) is 20.4. The van der Waals surface area contributed by atoms with Crippen LogP contribution in [-0.4, -0.2) is 36.9 Å². The average molecular weight is 371 g/mol. The van der Waals surface area contributed by atoms with E-state index in [1.165, 1.54) is 0 Å². The molecule has 0 unspecified atom stereocenters. The number of carbonyl (C=O) groups is 2. The van der Waals surface area contributed by atoms with Gasteiger partial charge in [-0.15, -0.1) is 12.4 Å². The fraction of sp³-hybridized carbons (Fsp3) is 0.312. The third-order valence-electron chi connectivity index (χ3n) is 3.17. The minimum absolute atomic E-state index is 0. The molecule has 7 nitrogen and oxygen atoms in total. The molecule has 2 rings (SSSR count). The number of alkyl carbamates (subject to hydrolysis) is 1. The number of hydrogen-bond acceptors (Lipinski definition) is 4. The molecule has 0 spiro atoms. The highest BCUT2D eigenvalue weighted by molar-refractivity contribution is 5.92. The van der Waals surface area contributed by atoms with E-state index in [2.05, 4.69) is 25.7 Å². The maximum Gasteiger partial charge on any atom is 0.407 e. The summed E-state index contributed by atoms with van der Waals surface area (Å²) in [6, 6.07) is 6.98. The van der Waals surface area contributed by atoms with E-state index in [0.29, 0.717) is 12.4 Å². The van der Waals surface area contributed by atoms with Crippen molar-refractivity contribution >= 4 is 41.1 Å². The lowest BCUT2D eigenvalue weighted by molar-refractivity contribution is 0.137. The Morgan fingerprint density at radius 3 is 2.80 bits per heavy atom. The maximum atomic E-state index is 12.0. The van der Waals surface area contributed by atoms with E-state index in [1.807, 2.05) is 25.1 Å². The van der Waals surface area contributed by atoms with E-state index in [1.54, 1.807) is 12.3 Å². The summed E-state index contributed by atoms with van der Waals surface area (Å²) in [6.45, 7) is 1.59. The zero-order chi connectivity index (χ0) is 17.4. The summed E-state index contributed by atoms with van der Waals surface area (Å²) in [6.07, 6.45) is 0.952. The summed E-state index contributed by atoms with van der Waals surface area (Å²) in [7, 11) is 0. The number of rotatable bonds is 6. The van der Waals surface area contributed by atoms with Crippen molar-refractivity contribution in [3.63, 3.8) is 0 Å². The normalized spacial score (nSPS) is 9.84. The average Bonchev–Trinajstić information content (AvgIpc) is 2.58. The van der Waals surface area contributed by atoms with Crippen molar-refractivity contribution in [2.24, 2.45) is 0 Å². The predicted octanol–water partition coefficient (Wildman–Crippen LogP) is 2.99. The number of alkyl halides is 1. The second kappa shape index (κ2) is 10.3. The van der Waals surface area contributed by atoms with Gasteiger partial charge in [-0.05, 0) is 23.9 Å². The Bertz CT molecular complexity index is 730. The molecule has 0 bridgehead atoms. The van der Waals surface area contributed by atoms with Gasteiger partial charge < -0.3 is 15.4 Å². The molecule has 0 aliphatic rings. The zero-order valence-corrected chi connectivity index (χ0v) is 14.5. The first-order chi connectivity index (χ1) is 11.6. The Balaban J connectivity index is 0.00000312. The Kier molecular flexibility index (Phi) is 8.42. The number of carbonyl (C=O) groups excluding carboxylic acids is 2. The molecule has 0 fully saturated rings. The number of urea groups is 1. The first-order valence-corrected chi connectivity index (χ1v) is 7.53. The van der Waals surface area contributed by atoms with Crippen LogP contribution in [0.5, 0.6) is 0 Å². The number of anilines is 1. The van der Waals surface area contributed by atoms with Gasteiger partial charge in [0.25, 0.3) is 0 Å². The highest BCUT2D eigenvalue weighted by atomic mass is 35.5. The number of pyridine rings is 1. The molecule has 0 atom stereocenters. The minimum atomic E-state index is -0.715. The quantitative estimate of drug-likeness (QED) is 0.728. The van der Waals surface area contributed by atoms with Crippen LogP contribution in [0.2, 0.25) is 0 Å². The second-order valence-electron chi connectivity index (χ2n) is 4.87. The van der Waals surface area contributed by atoms with E-state index in [4.69, 9.17) is 0 Å². The summed E-state index contributed by atoms with van der Waals surface area (Å²) >= 11 is 0. The number of nitrogens with one attached hydrogen (secondary N) is 3. The molecule has 0 saturated carbocycles. The molecule has 0 saturated heterocycles. The van der Waals surface area contributed by atoms with Gasteiger partial charge in [-0.2, -0.15) is 0 Å². The molecular weight excluding hydrogens is 351 g/mol. The van der Waals surface area contributed by atoms with Crippen molar-refractivity contribution in [2.45, 2.75) is 13.5 Å². The topological polar surface area (TPSA) is 92.4 Å². The second-order valence-corrected chi connectivity index (χ2v) is 4.87. The fourth-order valence-corrected chi connectivity index (χ4v) is 2.13. The third kappa shape index (κ3) is 6.07. The molecule has 2 aromatic rings. The van der Waals surface area contributed by atoms with Gasteiger partial charge in [0, 0.05) is 24.7 Å². The van der Waals surface area contributed by atoms with Gasteiger partial charge in [0.1, 0.15) is 19.1 Å². The minimum Gasteiger partial charge on any atom is -0.447 e. The molecule has 1 aromatic carbocycles. The largest absolute Gasteiger partial charge is 0.447 e. The van der Waals surface area contributed by atoms with Crippen LogP contribution >= 0.6 is 12.4 Å². The Morgan fingerprint density at radius 2 is 2.08 bits per heavy atom. The van der Waals surface area contributed by atoms with Crippen LogP contribution in [0.1, 0.15) is 12.5 Å². The van der Waals surface area contributed by atoms with E-state index < -0.39 is 12.8 Å². The molecule has 0 aliphatic carbocycles. The Labute approximate surface area is 150 Å². The number of ether oxygens (including phenoxy) is 1. The van der Waals surface area contributed by atoms with Crippen molar-refractivity contribution in [3.05, 3.63) is 36.0 Å². The number of hydrogen-bond donors (Lipinski definition) is 3. The van der Waals surface area contributed by atoms with Crippen molar-refractivity contribution < 1.29 is 18.7 Å². The molecule has 0 aliphatic heterocycles. The summed E-state index contributed by atoms with van der Waals surface area (Å²) in [5.74, 6) is 0.431. The molecule has 1 heterocycles. The van der Waals surface area contributed by atoms with Gasteiger partial charge in [0.15, 0.2) is 0 Å². The van der Waals surface area contributed by atoms with E-state index >= 15 is 0 Å². The summed E-state index contributed by atoms with van der Waals surface area (Å²) in [4.78, 5) is 27.1. The summed E-state index contributed by atoms with van der Waals surface area (Å²) in [5.41, 5.74) is 0.835. The molecule has 9 heteroatoms. The van der Waals surface area contributed by atoms with E-state index in [9.17, 15) is 14.0 Å². The van der Waals surface area contributed by atoms with Gasteiger partial charge in [0.05, 0.1) is 0 Å². The summed E-state index contributed by atoms with van der Waals surface area (Å²) in [5, 5.41) is 9.53. The molecule has 1 aromatic heterocycles. The molecule has 3 amide bonds. The van der Waals surface area contributed by atoms with Crippen LogP contribution in [0.15, 0.2) is 30.5 Å². The Hall–Kier alpha value is -2.61. The number of aromatic nitrogens is 1. The van der Waals surface area contributed by atoms with Crippen molar-refractivity contribution in [1.29, 1.82) is 0 Å². The zero-order valence-electron chi connectivity index (χ0n) is 13.7. The lowest BCUT2D eigenvalue weighted by Crippen LogP contribution is -2.28. The third-order valence-corrected chi connectivity index (χ3v) is 3.17. The highest BCUT2D eigenvalue weighted by Gasteiger charge is 2.07. The number of fused-ring (bicyclic) bond motifs is 1. The molecular formula is C16H20ClFN4O3. The molecule has 25 heavy (non-hydrogen) atoms. The van der Waals surface area contributed by atoms with Gasteiger partial charge in [-0.25, -0.2) is 19.0 Å². The Morgan fingerprint density at radius 1 is 1.28 bits per heavy atom. The maximum absolute atomic E-state index is 12.0. The number of benzene rings is 1. The van der Waals surface area contributed by atoms with Crippen LogP contribution < -0.4 is 16.0 Å².